The zero-order valence-corrected chi connectivity index (χ0v) is 11.3. The standard InChI is InChI=1S/C12H12BrFN2O2/c1-2-3-9-11(17)16(12(18)15-9)10-5-4-7(13)6-8(10)14/h4-6,9H,2-3H2,1H3,(H,15,18)/t9-/m0/s1. The zero-order valence-electron chi connectivity index (χ0n) is 9.74. The van der Waals surface area contributed by atoms with Crippen molar-refractivity contribution in [3.05, 3.63) is 28.5 Å². The molecule has 4 nitrogen and oxygen atoms in total. The first-order chi connectivity index (χ1) is 8.54. The molecule has 1 heterocycles. The fourth-order valence-corrected chi connectivity index (χ4v) is 2.24. The first kappa shape index (κ1) is 13.0. The highest BCUT2D eigenvalue weighted by Crippen LogP contribution is 2.26. The van der Waals surface area contributed by atoms with Crippen LogP contribution < -0.4 is 10.2 Å². The summed E-state index contributed by atoms with van der Waals surface area (Å²) in [6, 6.07) is 3.10. The van der Waals surface area contributed by atoms with E-state index in [-0.39, 0.29) is 5.69 Å². The fraction of sp³-hybridized carbons (Fsp3) is 0.333. The third-order valence-corrected chi connectivity index (χ3v) is 3.24. The van der Waals surface area contributed by atoms with Crippen LogP contribution in [0.2, 0.25) is 0 Å². The van der Waals surface area contributed by atoms with E-state index in [9.17, 15) is 14.0 Å². The normalized spacial score (nSPS) is 19.3. The van der Waals surface area contributed by atoms with Crippen LogP contribution in [0, 0.1) is 5.82 Å². The molecule has 2 rings (SSSR count). The largest absolute Gasteiger partial charge is 0.329 e. The lowest BCUT2D eigenvalue weighted by molar-refractivity contribution is -0.118. The number of hydrogen-bond donors (Lipinski definition) is 1. The molecule has 1 atom stereocenters. The highest BCUT2D eigenvalue weighted by atomic mass is 79.9. The van der Waals surface area contributed by atoms with Crippen molar-refractivity contribution >= 4 is 33.6 Å². The van der Waals surface area contributed by atoms with Gasteiger partial charge in [-0.15, -0.1) is 0 Å². The Bertz CT molecular complexity index is 507. The molecule has 1 fully saturated rings. The Hall–Kier alpha value is -1.43. The van der Waals surface area contributed by atoms with Gasteiger partial charge in [-0.2, -0.15) is 0 Å². The van der Waals surface area contributed by atoms with Gasteiger partial charge in [0.1, 0.15) is 11.9 Å². The van der Waals surface area contributed by atoms with Crippen LogP contribution in [-0.2, 0) is 4.79 Å². The second kappa shape index (κ2) is 5.06. The summed E-state index contributed by atoms with van der Waals surface area (Å²) >= 11 is 3.13. The molecule has 1 saturated heterocycles. The number of hydrogen-bond acceptors (Lipinski definition) is 2. The Morgan fingerprint density at radius 1 is 1.44 bits per heavy atom. The molecule has 0 unspecified atom stereocenters. The minimum atomic E-state index is -0.606. The van der Waals surface area contributed by atoms with E-state index in [2.05, 4.69) is 21.2 Å². The molecule has 96 valence electrons. The van der Waals surface area contributed by atoms with E-state index in [1.54, 1.807) is 6.07 Å². The number of benzene rings is 1. The average Bonchev–Trinajstić information content (AvgIpc) is 2.56. The van der Waals surface area contributed by atoms with Gasteiger partial charge in [0.25, 0.3) is 5.91 Å². The zero-order chi connectivity index (χ0) is 13.3. The van der Waals surface area contributed by atoms with Crippen LogP contribution in [-0.4, -0.2) is 18.0 Å². The summed E-state index contributed by atoms with van der Waals surface area (Å²) in [5, 5.41) is 2.55. The van der Waals surface area contributed by atoms with Crippen molar-refractivity contribution in [2.75, 3.05) is 4.90 Å². The Kier molecular flexibility index (Phi) is 3.65. The van der Waals surface area contributed by atoms with Crippen LogP contribution in [0.25, 0.3) is 0 Å². The van der Waals surface area contributed by atoms with Crippen molar-refractivity contribution in [3.8, 4) is 0 Å². The van der Waals surface area contributed by atoms with E-state index in [4.69, 9.17) is 0 Å². The monoisotopic (exact) mass is 314 g/mol. The third kappa shape index (κ3) is 2.25. The van der Waals surface area contributed by atoms with Crippen molar-refractivity contribution in [1.82, 2.24) is 5.32 Å². The molecule has 0 spiro atoms. The Morgan fingerprint density at radius 3 is 2.78 bits per heavy atom. The van der Waals surface area contributed by atoms with Crippen LogP contribution in [0.3, 0.4) is 0 Å². The minimum Gasteiger partial charge on any atom is -0.325 e. The van der Waals surface area contributed by atoms with Crippen molar-refractivity contribution in [1.29, 1.82) is 0 Å². The van der Waals surface area contributed by atoms with Gasteiger partial charge in [0.2, 0.25) is 0 Å². The number of halogens is 2. The smallest absolute Gasteiger partial charge is 0.325 e. The summed E-state index contributed by atoms with van der Waals surface area (Å²) in [5.74, 6) is -1.01. The molecule has 1 N–H and O–H groups in total. The highest BCUT2D eigenvalue weighted by Gasteiger charge is 2.39. The number of carbonyl (C=O) groups is 2. The Morgan fingerprint density at radius 2 is 2.17 bits per heavy atom. The average molecular weight is 315 g/mol. The van der Waals surface area contributed by atoms with Crippen molar-refractivity contribution in [2.45, 2.75) is 25.8 Å². The lowest BCUT2D eigenvalue weighted by atomic mass is 10.1. The molecular weight excluding hydrogens is 303 g/mol. The quantitative estimate of drug-likeness (QED) is 0.872. The van der Waals surface area contributed by atoms with E-state index in [0.29, 0.717) is 10.9 Å². The molecule has 0 radical (unpaired) electrons. The van der Waals surface area contributed by atoms with Crippen molar-refractivity contribution in [2.24, 2.45) is 0 Å². The van der Waals surface area contributed by atoms with Gasteiger partial charge in [-0.3, -0.25) is 4.79 Å². The van der Waals surface area contributed by atoms with Crippen LogP contribution in [0.5, 0.6) is 0 Å². The number of carbonyl (C=O) groups excluding carboxylic acids is 2. The van der Waals surface area contributed by atoms with Crippen LogP contribution in [0.1, 0.15) is 19.8 Å². The van der Waals surface area contributed by atoms with E-state index >= 15 is 0 Å². The number of amides is 3. The molecule has 6 heteroatoms. The van der Waals surface area contributed by atoms with Crippen LogP contribution in [0.4, 0.5) is 14.9 Å². The number of rotatable bonds is 3. The molecule has 18 heavy (non-hydrogen) atoms. The molecule has 0 aliphatic carbocycles. The number of urea groups is 1. The van der Waals surface area contributed by atoms with E-state index in [1.807, 2.05) is 6.92 Å². The van der Waals surface area contributed by atoms with Gasteiger partial charge >= 0.3 is 6.03 Å². The van der Waals surface area contributed by atoms with Gasteiger partial charge in [0, 0.05) is 4.47 Å². The van der Waals surface area contributed by atoms with E-state index < -0.39 is 23.8 Å². The lowest BCUT2D eigenvalue weighted by Crippen LogP contribution is -2.32. The number of nitrogens with zero attached hydrogens (tertiary/aromatic N) is 1. The summed E-state index contributed by atoms with van der Waals surface area (Å²) in [7, 11) is 0. The SMILES string of the molecule is CCC[C@@H]1NC(=O)N(c2ccc(Br)cc2F)C1=O. The molecule has 1 aromatic rings. The van der Waals surface area contributed by atoms with Gasteiger partial charge in [-0.05, 0) is 24.6 Å². The maximum Gasteiger partial charge on any atom is 0.329 e. The van der Waals surface area contributed by atoms with Gasteiger partial charge < -0.3 is 5.32 Å². The molecule has 1 aromatic carbocycles. The predicted molar refractivity (Wildman–Crippen MR) is 68.8 cm³/mol. The molecule has 0 aromatic heterocycles. The summed E-state index contributed by atoms with van der Waals surface area (Å²) in [6.45, 7) is 1.92. The number of imide groups is 1. The summed E-state index contributed by atoms with van der Waals surface area (Å²) in [6.07, 6.45) is 1.33. The second-order valence-corrected chi connectivity index (χ2v) is 4.98. The summed E-state index contributed by atoms with van der Waals surface area (Å²) in [4.78, 5) is 24.6. The van der Waals surface area contributed by atoms with E-state index in [0.717, 1.165) is 11.3 Å². The Labute approximate surface area is 112 Å². The van der Waals surface area contributed by atoms with Gasteiger partial charge in [0.15, 0.2) is 0 Å². The fourth-order valence-electron chi connectivity index (χ4n) is 1.91. The van der Waals surface area contributed by atoms with Crippen LogP contribution >= 0.6 is 15.9 Å². The number of nitrogens with one attached hydrogen (secondary N) is 1. The summed E-state index contributed by atoms with van der Waals surface area (Å²) < 4.78 is 14.3. The predicted octanol–water partition coefficient (Wildman–Crippen LogP) is 2.81. The third-order valence-electron chi connectivity index (χ3n) is 2.75. The maximum absolute atomic E-state index is 13.8. The molecule has 0 saturated carbocycles. The maximum atomic E-state index is 13.8. The van der Waals surface area contributed by atoms with Gasteiger partial charge in [0.05, 0.1) is 5.69 Å². The lowest BCUT2D eigenvalue weighted by Gasteiger charge is -2.13. The van der Waals surface area contributed by atoms with E-state index in [1.165, 1.54) is 12.1 Å². The van der Waals surface area contributed by atoms with Crippen molar-refractivity contribution < 1.29 is 14.0 Å². The van der Waals surface area contributed by atoms with Gasteiger partial charge in [-0.25, -0.2) is 14.1 Å². The highest BCUT2D eigenvalue weighted by molar-refractivity contribution is 9.10. The first-order valence-electron chi connectivity index (χ1n) is 5.64. The number of anilines is 1. The molecule has 1 aliphatic heterocycles. The summed E-state index contributed by atoms with van der Waals surface area (Å²) in [5.41, 5.74) is -0.0145. The van der Waals surface area contributed by atoms with Crippen LogP contribution in [0.15, 0.2) is 22.7 Å². The van der Waals surface area contributed by atoms with Crippen molar-refractivity contribution in [3.63, 3.8) is 0 Å². The molecule has 0 bridgehead atoms. The topological polar surface area (TPSA) is 49.4 Å². The minimum absolute atomic E-state index is 0.0145. The first-order valence-corrected chi connectivity index (χ1v) is 6.43. The van der Waals surface area contributed by atoms with Gasteiger partial charge in [-0.1, -0.05) is 29.3 Å². The second-order valence-electron chi connectivity index (χ2n) is 4.06. The Balaban J connectivity index is 2.33. The molecule has 1 aliphatic rings. The molecular formula is C12H12BrFN2O2. The molecule has 3 amide bonds.